The van der Waals surface area contributed by atoms with Crippen molar-refractivity contribution in [2.45, 2.75) is 12.5 Å². The van der Waals surface area contributed by atoms with Crippen LogP contribution in [-0.2, 0) is 6.42 Å². The van der Waals surface area contributed by atoms with Crippen molar-refractivity contribution in [2.75, 3.05) is 33.2 Å². The summed E-state index contributed by atoms with van der Waals surface area (Å²) in [5.41, 5.74) is 3.09. The molecule has 1 aliphatic heterocycles. The van der Waals surface area contributed by atoms with Crippen LogP contribution in [0.25, 0.3) is 10.8 Å². The van der Waals surface area contributed by atoms with E-state index < -0.39 is 0 Å². The van der Waals surface area contributed by atoms with Gasteiger partial charge in [0.25, 0.3) is 0 Å². The molecular formula is C17H20N2. The van der Waals surface area contributed by atoms with Gasteiger partial charge in [-0.05, 0) is 35.4 Å². The normalized spacial score (nSPS) is 24.2. The summed E-state index contributed by atoms with van der Waals surface area (Å²) in [5.74, 6) is 0. The standard InChI is InChI=1S/C17H20N2/c1-18-8-10-19(11-9-18)16-12-14-6-2-4-13-5-3-7-15(16)17(13)14/h2-7,16H,8-12H2,1H3. The van der Waals surface area contributed by atoms with Crippen LogP contribution in [0.1, 0.15) is 17.2 Å². The molecule has 2 aromatic carbocycles. The van der Waals surface area contributed by atoms with Crippen molar-refractivity contribution < 1.29 is 0 Å². The van der Waals surface area contributed by atoms with Crippen LogP contribution in [0.2, 0.25) is 0 Å². The maximum atomic E-state index is 2.68. The number of nitrogens with zero attached hydrogens (tertiary/aromatic N) is 2. The molecule has 4 rings (SSSR count). The third-order valence-corrected chi connectivity index (χ3v) is 4.77. The third-order valence-electron chi connectivity index (χ3n) is 4.77. The van der Waals surface area contributed by atoms with Crippen LogP contribution >= 0.6 is 0 Å². The lowest BCUT2D eigenvalue weighted by Gasteiger charge is -2.36. The minimum atomic E-state index is 0.606. The molecule has 2 heteroatoms. The highest BCUT2D eigenvalue weighted by atomic mass is 15.3. The molecule has 0 spiro atoms. The van der Waals surface area contributed by atoms with Crippen molar-refractivity contribution in [1.29, 1.82) is 0 Å². The average molecular weight is 252 g/mol. The van der Waals surface area contributed by atoms with Crippen LogP contribution in [0.4, 0.5) is 0 Å². The lowest BCUT2D eigenvalue weighted by molar-refractivity contribution is 0.114. The first-order valence-corrected chi connectivity index (χ1v) is 7.26. The van der Waals surface area contributed by atoms with E-state index in [9.17, 15) is 0 Å². The largest absolute Gasteiger partial charge is 0.304 e. The predicted octanol–water partition coefficient (Wildman–Crippen LogP) is 2.68. The van der Waals surface area contributed by atoms with E-state index in [0.29, 0.717) is 6.04 Å². The fourth-order valence-electron chi connectivity index (χ4n) is 3.68. The van der Waals surface area contributed by atoms with Gasteiger partial charge >= 0.3 is 0 Å². The smallest absolute Gasteiger partial charge is 0.0395 e. The quantitative estimate of drug-likeness (QED) is 0.770. The first-order chi connectivity index (χ1) is 9.33. The number of rotatable bonds is 1. The van der Waals surface area contributed by atoms with Gasteiger partial charge in [0, 0.05) is 32.2 Å². The van der Waals surface area contributed by atoms with Crippen molar-refractivity contribution in [3.05, 3.63) is 47.5 Å². The zero-order valence-corrected chi connectivity index (χ0v) is 11.5. The highest BCUT2D eigenvalue weighted by Crippen LogP contribution is 2.40. The highest BCUT2D eigenvalue weighted by molar-refractivity contribution is 5.91. The maximum Gasteiger partial charge on any atom is 0.0395 e. The Morgan fingerprint density at radius 3 is 2.47 bits per heavy atom. The second kappa shape index (κ2) is 4.32. The fraction of sp³-hybridized carbons (Fsp3) is 0.412. The number of likely N-dealkylation sites (N-methyl/N-ethyl adjacent to an activating group) is 1. The van der Waals surface area contributed by atoms with Gasteiger partial charge in [-0.3, -0.25) is 4.90 Å². The number of piperazine rings is 1. The van der Waals surface area contributed by atoms with Crippen molar-refractivity contribution in [3.8, 4) is 0 Å². The highest BCUT2D eigenvalue weighted by Gasteiger charge is 2.30. The van der Waals surface area contributed by atoms with Gasteiger partial charge in [0.2, 0.25) is 0 Å². The lowest BCUT2D eigenvalue weighted by Crippen LogP contribution is -2.45. The average Bonchev–Trinajstić information content (AvgIpc) is 2.82. The van der Waals surface area contributed by atoms with Crippen molar-refractivity contribution in [3.63, 3.8) is 0 Å². The third kappa shape index (κ3) is 1.78. The van der Waals surface area contributed by atoms with E-state index in [4.69, 9.17) is 0 Å². The van der Waals surface area contributed by atoms with E-state index in [0.717, 1.165) is 0 Å². The maximum absolute atomic E-state index is 2.68. The lowest BCUT2D eigenvalue weighted by atomic mass is 10.0. The van der Waals surface area contributed by atoms with Crippen LogP contribution < -0.4 is 0 Å². The molecule has 0 amide bonds. The molecule has 1 unspecified atom stereocenters. The summed E-state index contributed by atoms with van der Waals surface area (Å²) in [5, 5.41) is 2.93. The van der Waals surface area contributed by atoms with E-state index in [1.807, 2.05) is 0 Å². The molecule has 98 valence electrons. The number of hydrogen-bond acceptors (Lipinski definition) is 2. The zero-order valence-electron chi connectivity index (χ0n) is 11.5. The van der Waals surface area contributed by atoms with Gasteiger partial charge in [0.15, 0.2) is 0 Å². The SMILES string of the molecule is CN1CCN(C2Cc3cccc4cccc2c34)CC1. The fourth-order valence-corrected chi connectivity index (χ4v) is 3.68. The molecule has 2 aliphatic rings. The molecule has 1 saturated heterocycles. The Bertz CT molecular complexity index is 606. The monoisotopic (exact) mass is 252 g/mol. The summed E-state index contributed by atoms with van der Waals surface area (Å²) in [6.45, 7) is 4.79. The first-order valence-electron chi connectivity index (χ1n) is 7.26. The van der Waals surface area contributed by atoms with Crippen LogP contribution in [0.15, 0.2) is 36.4 Å². The summed E-state index contributed by atoms with van der Waals surface area (Å²) < 4.78 is 0. The Kier molecular flexibility index (Phi) is 2.61. The minimum absolute atomic E-state index is 0.606. The van der Waals surface area contributed by atoms with Crippen LogP contribution in [0.3, 0.4) is 0 Å². The Balaban J connectivity index is 1.73. The van der Waals surface area contributed by atoms with Gasteiger partial charge < -0.3 is 4.90 Å². The summed E-state index contributed by atoms with van der Waals surface area (Å²) in [7, 11) is 2.22. The minimum Gasteiger partial charge on any atom is -0.304 e. The van der Waals surface area contributed by atoms with Crippen molar-refractivity contribution in [1.82, 2.24) is 9.80 Å². The first kappa shape index (κ1) is 11.4. The van der Waals surface area contributed by atoms with Gasteiger partial charge in [-0.1, -0.05) is 36.4 Å². The molecule has 0 bridgehead atoms. The van der Waals surface area contributed by atoms with E-state index in [-0.39, 0.29) is 0 Å². The molecule has 1 atom stereocenters. The van der Waals surface area contributed by atoms with Crippen LogP contribution in [0, 0.1) is 0 Å². The van der Waals surface area contributed by atoms with E-state index >= 15 is 0 Å². The number of hydrogen-bond donors (Lipinski definition) is 0. The molecule has 1 fully saturated rings. The van der Waals surface area contributed by atoms with Gasteiger partial charge in [-0.15, -0.1) is 0 Å². The van der Waals surface area contributed by atoms with Crippen LogP contribution in [-0.4, -0.2) is 43.0 Å². The molecular weight excluding hydrogens is 232 g/mol. The van der Waals surface area contributed by atoms with Crippen LogP contribution in [0.5, 0.6) is 0 Å². The summed E-state index contributed by atoms with van der Waals surface area (Å²) in [4.78, 5) is 5.11. The Morgan fingerprint density at radius 2 is 1.68 bits per heavy atom. The van der Waals surface area contributed by atoms with E-state index in [1.54, 1.807) is 5.56 Å². The number of benzene rings is 2. The molecule has 2 aromatic rings. The summed E-state index contributed by atoms with van der Waals surface area (Å²) >= 11 is 0. The zero-order chi connectivity index (χ0) is 12.8. The van der Waals surface area contributed by atoms with Gasteiger partial charge in [-0.2, -0.15) is 0 Å². The van der Waals surface area contributed by atoms with Gasteiger partial charge in [0.05, 0.1) is 0 Å². The Labute approximate surface area is 114 Å². The predicted molar refractivity (Wildman–Crippen MR) is 79.5 cm³/mol. The molecule has 19 heavy (non-hydrogen) atoms. The molecule has 0 radical (unpaired) electrons. The Morgan fingerprint density at radius 1 is 0.947 bits per heavy atom. The molecule has 0 N–H and O–H groups in total. The van der Waals surface area contributed by atoms with Gasteiger partial charge in [-0.25, -0.2) is 0 Å². The second-order valence-corrected chi connectivity index (χ2v) is 5.92. The molecule has 0 aromatic heterocycles. The van der Waals surface area contributed by atoms with Crippen molar-refractivity contribution >= 4 is 10.8 Å². The Hall–Kier alpha value is -1.38. The topological polar surface area (TPSA) is 6.48 Å². The van der Waals surface area contributed by atoms with E-state index in [2.05, 4.69) is 53.2 Å². The molecule has 1 heterocycles. The summed E-state index contributed by atoms with van der Waals surface area (Å²) in [6, 6.07) is 14.2. The molecule has 2 nitrogen and oxygen atoms in total. The molecule has 0 saturated carbocycles. The molecule has 1 aliphatic carbocycles. The second-order valence-electron chi connectivity index (χ2n) is 5.92. The van der Waals surface area contributed by atoms with Gasteiger partial charge in [0.1, 0.15) is 0 Å². The summed E-state index contributed by atoms with van der Waals surface area (Å²) in [6.07, 6.45) is 1.19. The van der Waals surface area contributed by atoms with Crippen molar-refractivity contribution in [2.24, 2.45) is 0 Å². The van der Waals surface area contributed by atoms with E-state index in [1.165, 1.54) is 48.9 Å².